The van der Waals surface area contributed by atoms with Crippen molar-refractivity contribution in [1.82, 2.24) is 4.90 Å². The second-order valence-corrected chi connectivity index (χ2v) is 5.42. The van der Waals surface area contributed by atoms with Crippen molar-refractivity contribution in [2.75, 3.05) is 13.1 Å². The number of amides is 1. The van der Waals surface area contributed by atoms with Crippen LogP contribution in [0.25, 0.3) is 0 Å². The quantitative estimate of drug-likeness (QED) is 0.719. The topological polar surface area (TPSA) is 40.5 Å². The van der Waals surface area contributed by atoms with Crippen LogP contribution in [0.2, 0.25) is 0 Å². The van der Waals surface area contributed by atoms with Gasteiger partial charge in [0, 0.05) is 19.0 Å². The molecule has 0 unspecified atom stereocenters. The molecule has 1 heterocycles. The van der Waals surface area contributed by atoms with Crippen molar-refractivity contribution in [3.05, 3.63) is 12.7 Å². The van der Waals surface area contributed by atoms with Crippen LogP contribution >= 0.6 is 0 Å². The van der Waals surface area contributed by atoms with E-state index in [0.29, 0.717) is 19.0 Å². The maximum absolute atomic E-state index is 12.3. The van der Waals surface area contributed by atoms with Crippen LogP contribution < -0.4 is 0 Å². The summed E-state index contributed by atoms with van der Waals surface area (Å²) in [5, 5.41) is 10.6. The van der Waals surface area contributed by atoms with Gasteiger partial charge in [0.15, 0.2) is 0 Å². The lowest BCUT2D eigenvalue weighted by atomic mass is 9.74. The molecule has 1 saturated carbocycles. The SMILES string of the molecule is C=CCN1C[C@@H](C)[C@@]2(O)CC[C@H](C)[C@H]2C1=O. The van der Waals surface area contributed by atoms with Crippen LogP contribution in [0.3, 0.4) is 0 Å². The molecule has 2 aliphatic rings. The minimum Gasteiger partial charge on any atom is -0.389 e. The zero-order valence-corrected chi connectivity index (χ0v) is 10.1. The number of hydrogen-bond donors (Lipinski definition) is 1. The van der Waals surface area contributed by atoms with E-state index in [0.717, 1.165) is 12.8 Å². The Morgan fingerprint density at radius 3 is 2.94 bits per heavy atom. The third kappa shape index (κ3) is 1.49. The van der Waals surface area contributed by atoms with Gasteiger partial charge in [0.25, 0.3) is 0 Å². The van der Waals surface area contributed by atoms with Gasteiger partial charge < -0.3 is 10.0 Å². The van der Waals surface area contributed by atoms with E-state index < -0.39 is 5.60 Å². The summed E-state index contributed by atoms with van der Waals surface area (Å²) in [6.07, 6.45) is 3.49. The Morgan fingerprint density at radius 1 is 1.62 bits per heavy atom. The van der Waals surface area contributed by atoms with Crippen molar-refractivity contribution in [2.45, 2.75) is 32.3 Å². The van der Waals surface area contributed by atoms with Crippen LogP contribution in [-0.2, 0) is 4.79 Å². The van der Waals surface area contributed by atoms with Gasteiger partial charge in [-0.15, -0.1) is 6.58 Å². The van der Waals surface area contributed by atoms with E-state index in [1.807, 2.05) is 11.8 Å². The van der Waals surface area contributed by atoms with Gasteiger partial charge in [-0.2, -0.15) is 0 Å². The van der Waals surface area contributed by atoms with Crippen LogP contribution in [0, 0.1) is 17.8 Å². The van der Waals surface area contributed by atoms with E-state index in [-0.39, 0.29) is 17.7 Å². The molecule has 3 nitrogen and oxygen atoms in total. The molecule has 1 N–H and O–H groups in total. The van der Waals surface area contributed by atoms with Gasteiger partial charge in [-0.1, -0.05) is 19.9 Å². The molecule has 1 aliphatic heterocycles. The van der Waals surface area contributed by atoms with Crippen molar-refractivity contribution in [3.63, 3.8) is 0 Å². The van der Waals surface area contributed by atoms with Crippen molar-refractivity contribution in [3.8, 4) is 0 Å². The van der Waals surface area contributed by atoms with Crippen molar-refractivity contribution in [1.29, 1.82) is 0 Å². The lowest BCUT2D eigenvalue weighted by Crippen LogP contribution is -2.59. The number of fused-ring (bicyclic) bond motifs is 1. The van der Waals surface area contributed by atoms with Crippen LogP contribution in [0.15, 0.2) is 12.7 Å². The molecule has 0 bridgehead atoms. The highest BCUT2D eigenvalue weighted by molar-refractivity contribution is 5.82. The normalized spacial score (nSPS) is 43.3. The number of aliphatic hydroxyl groups is 1. The molecule has 0 aromatic carbocycles. The van der Waals surface area contributed by atoms with E-state index in [1.54, 1.807) is 6.08 Å². The first kappa shape index (κ1) is 11.6. The van der Waals surface area contributed by atoms with Gasteiger partial charge in [-0.3, -0.25) is 4.79 Å². The highest BCUT2D eigenvalue weighted by Crippen LogP contribution is 2.48. The van der Waals surface area contributed by atoms with Crippen molar-refractivity contribution < 1.29 is 9.90 Å². The van der Waals surface area contributed by atoms with Gasteiger partial charge in [0.1, 0.15) is 0 Å². The maximum atomic E-state index is 12.3. The molecular weight excluding hydrogens is 202 g/mol. The molecule has 0 spiro atoms. The molecular formula is C13H21NO2. The van der Waals surface area contributed by atoms with Gasteiger partial charge >= 0.3 is 0 Å². The Labute approximate surface area is 97.1 Å². The lowest BCUT2D eigenvalue weighted by molar-refractivity contribution is -0.161. The molecule has 2 rings (SSSR count). The Kier molecular flexibility index (Phi) is 2.82. The Balaban J connectivity index is 2.27. The monoisotopic (exact) mass is 223 g/mol. The zero-order valence-electron chi connectivity index (χ0n) is 10.1. The second kappa shape index (κ2) is 3.88. The largest absolute Gasteiger partial charge is 0.389 e. The number of carbonyl (C=O) groups excluding carboxylic acids is 1. The zero-order chi connectivity index (χ0) is 11.9. The van der Waals surface area contributed by atoms with E-state index in [4.69, 9.17) is 0 Å². The van der Waals surface area contributed by atoms with E-state index in [1.165, 1.54) is 0 Å². The van der Waals surface area contributed by atoms with Crippen LogP contribution in [-0.4, -0.2) is 34.6 Å². The minimum absolute atomic E-state index is 0.116. The third-order valence-corrected chi connectivity index (χ3v) is 4.38. The fraction of sp³-hybridized carbons (Fsp3) is 0.769. The Morgan fingerprint density at radius 2 is 2.31 bits per heavy atom. The Hall–Kier alpha value is -0.830. The molecule has 1 aliphatic carbocycles. The number of hydrogen-bond acceptors (Lipinski definition) is 2. The molecule has 0 aromatic heterocycles. The highest BCUT2D eigenvalue weighted by atomic mass is 16.3. The number of nitrogens with zero attached hydrogens (tertiary/aromatic N) is 1. The standard InChI is InChI=1S/C13H21NO2/c1-4-7-14-8-10(3)13(16)6-5-9(2)11(13)12(14)15/h4,9-11,16H,1,5-8H2,2-3H3/t9-,10+,11-,13-/m0/s1. The molecule has 3 heteroatoms. The number of likely N-dealkylation sites (tertiary alicyclic amines) is 1. The average Bonchev–Trinajstić information content (AvgIpc) is 2.54. The minimum atomic E-state index is -0.756. The van der Waals surface area contributed by atoms with Gasteiger partial charge in [-0.05, 0) is 18.8 Å². The van der Waals surface area contributed by atoms with Crippen LogP contribution in [0.5, 0.6) is 0 Å². The van der Waals surface area contributed by atoms with Gasteiger partial charge in [-0.25, -0.2) is 0 Å². The fourth-order valence-electron chi connectivity index (χ4n) is 3.38. The van der Waals surface area contributed by atoms with Crippen molar-refractivity contribution in [2.24, 2.45) is 17.8 Å². The molecule has 0 radical (unpaired) electrons. The first-order chi connectivity index (χ1) is 7.50. The summed E-state index contributed by atoms with van der Waals surface area (Å²) in [5.74, 6) is 0.384. The Bertz CT molecular complexity index is 315. The lowest BCUT2D eigenvalue weighted by Gasteiger charge is -2.45. The van der Waals surface area contributed by atoms with Gasteiger partial charge in [0.2, 0.25) is 5.91 Å². The molecule has 1 saturated heterocycles. The number of piperidine rings is 1. The van der Waals surface area contributed by atoms with Crippen molar-refractivity contribution >= 4 is 5.91 Å². The van der Waals surface area contributed by atoms with E-state index in [9.17, 15) is 9.90 Å². The molecule has 90 valence electrons. The van der Waals surface area contributed by atoms with Crippen LogP contribution in [0.1, 0.15) is 26.7 Å². The fourth-order valence-corrected chi connectivity index (χ4v) is 3.38. The molecule has 2 fully saturated rings. The molecule has 1 amide bonds. The molecule has 16 heavy (non-hydrogen) atoms. The summed E-state index contributed by atoms with van der Waals surface area (Å²) >= 11 is 0. The van der Waals surface area contributed by atoms with Crippen LogP contribution in [0.4, 0.5) is 0 Å². The summed E-state index contributed by atoms with van der Waals surface area (Å²) in [6.45, 7) is 9.06. The van der Waals surface area contributed by atoms with E-state index >= 15 is 0 Å². The first-order valence-corrected chi connectivity index (χ1v) is 6.12. The van der Waals surface area contributed by atoms with E-state index in [2.05, 4.69) is 13.5 Å². The highest BCUT2D eigenvalue weighted by Gasteiger charge is 2.56. The predicted molar refractivity (Wildman–Crippen MR) is 62.8 cm³/mol. The maximum Gasteiger partial charge on any atom is 0.229 e. The average molecular weight is 223 g/mol. The molecule has 0 aromatic rings. The smallest absolute Gasteiger partial charge is 0.229 e. The number of rotatable bonds is 2. The summed E-state index contributed by atoms with van der Waals surface area (Å²) < 4.78 is 0. The summed E-state index contributed by atoms with van der Waals surface area (Å²) in [6, 6.07) is 0. The first-order valence-electron chi connectivity index (χ1n) is 6.12. The number of carbonyl (C=O) groups is 1. The predicted octanol–water partition coefficient (Wildman–Crippen LogP) is 1.43. The molecule has 4 atom stereocenters. The summed E-state index contributed by atoms with van der Waals surface area (Å²) in [4.78, 5) is 14.1. The summed E-state index contributed by atoms with van der Waals surface area (Å²) in [5.41, 5.74) is -0.756. The third-order valence-electron chi connectivity index (χ3n) is 4.38. The van der Waals surface area contributed by atoms with Gasteiger partial charge in [0.05, 0.1) is 11.5 Å². The second-order valence-electron chi connectivity index (χ2n) is 5.42. The summed E-state index contributed by atoms with van der Waals surface area (Å²) in [7, 11) is 0.